The Bertz CT molecular complexity index is 410. The van der Waals surface area contributed by atoms with E-state index in [1.807, 2.05) is 13.0 Å². The zero-order valence-electron chi connectivity index (χ0n) is 10.8. The smallest absolute Gasteiger partial charge is 0.316 e. The van der Waals surface area contributed by atoms with E-state index in [-0.39, 0.29) is 6.03 Å². The summed E-state index contributed by atoms with van der Waals surface area (Å²) in [5, 5.41) is 5.91. The van der Waals surface area contributed by atoms with Crippen molar-refractivity contribution < 1.29 is 4.79 Å². The summed E-state index contributed by atoms with van der Waals surface area (Å²) in [7, 11) is 3.41. The van der Waals surface area contributed by atoms with Gasteiger partial charge in [0.15, 0.2) is 0 Å². The predicted molar refractivity (Wildman–Crippen MR) is 74.7 cm³/mol. The van der Waals surface area contributed by atoms with E-state index in [2.05, 4.69) is 36.5 Å². The fraction of sp³-hybridized carbons (Fsp3) is 0.545. The minimum atomic E-state index is -0.102. The first-order valence-corrected chi connectivity index (χ1v) is 6.54. The molecule has 0 fully saturated rings. The van der Waals surface area contributed by atoms with E-state index >= 15 is 0 Å². The minimum absolute atomic E-state index is 0.102. The molecule has 0 aliphatic carbocycles. The third-order valence-electron chi connectivity index (χ3n) is 2.17. The summed E-state index contributed by atoms with van der Waals surface area (Å²) >= 11 is 3.34. The summed E-state index contributed by atoms with van der Waals surface area (Å²) in [6, 6.07) is 1.71. The molecule has 1 aromatic heterocycles. The summed E-state index contributed by atoms with van der Waals surface area (Å²) < 4.78 is 0.758. The molecule has 2 amide bonds. The van der Waals surface area contributed by atoms with Gasteiger partial charge < -0.3 is 15.5 Å². The van der Waals surface area contributed by atoms with E-state index in [4.69, 9.17) is 0 Å². The van der Waals surface area contributed by atoms with E-state index in [1.165, 1.54) is 4.90 Å². The number of nitrogens with zero attached hydrogens (tertiary/aromatic N) is 3. The summed E-state index contributed by atoms with van der Waals surface area (Å²) in [5.74, 6) is 1.54. The van der Waals surface area contributed by atoms with Crippen LogP contribution in [0.3, 0.4) is 0 Å². The maximum absolute atomic E-state index is 11.3. The number of carbonyl (C=O) groups excluding carboxylic acids is 1. The molecule has 100 valence electrons. The SMILES string of the molecule is CCc1nc(Br)cc(NCCNC(=O)N(C)C)n1. The van der Waals surface area contributed by atoms with Crippen LogP contribution in [0.2, 0.25) is 0 Å². The van der Waals surface area contributed by atoms with Crippen molar-refractivity contribution in [1.82, 2.24) is 20.2 Å². The first kappa shape index (κ1) is 14.7. The molecular weight excluding hydrogens is 298 g/mol. The maximum atomic E-state index is 11.3. The standard InChI is InChI=1S/C11H18BrN5O/c1-4-9-15-8(12)7-10(16-9)13-5-6-14-11(18)17(2)3/h7H,4-6H2,1-3H3,(H,14,18)(H,13,15,16). The van der Waals surface area contributed by atoms with Gasteiger partial charge in [-0.1, -0.05) is 6.92 Å². The number of halogens is 1. The Morgan fingerprint density at radius 3 is 2.72 bits per heavy atom. The zero-order valence-corrected chi connectivity index (χ0v) is 12.4. The fourth-order valence-electron chi connectivity index (χ4n) is 1.23. The van der Waals surface area contributed by atoms with Crippen molar-refractivity contribution in [3.8, 4) is 0 Å². The molecule has 0 spiro atoms. The Balaban J connectivity index is 2.39. The first-order valence-electron chi connectivity index (χ1n) is 5.75. The van der Waals surface area contributed by atoms with Gasteiger partial charge in [0, 0.05) is 39.7 Å². The number of nitrogens with one attached hydrogen (secondary N) is 2. The van der Waals surface area contributed by atoms with Crippen molar-refractivity contribution in [3.63, 3.8) is 0 Å². The molecule has 18 heavy (non-hydrogen) atoms. The van der Waals surface area contributed by atoms with Gasteiger partial charge >= 0.3 is 6.03 Å². The summed E-state index contributed by atoms with van der Waals surface area (Å²) in [6.07, 6.45) is 0.783. The molecule has 1 heterocycles. The molecule has 0 aromatic carbocycles. The Labute approximate surface area is 115 Å². The molecule has 1 rings (SSSR count). The molecule has 0 saturated carbocycles. The van der Waals surface area contributed by atoms with Gasteiger partial charge in [0.2, 0.25) is 0 Å². The molecule has 7 heteroatoms. The highest BCUT2D eigenvalue weighted by Gasteiger charge is 2.03. The second kappa shape index (κ2) is 7.15. The van der Waals surface area contributed by atoms with E-state index in [1.54, 1.807) is 14.1 Å². The van der Waals surface area contributed by atoms with Crippen LogP contribution in [0.25, 0.3) is 0 Å². The van der Waals surface area contributed by atoms with Gasteiger partial charge in [-0.2, -0.15) is 0 Å². The van der Waals surface area contributed by atoms with Crippen molar-refractivity contribution in [1.29, 1.82) is 0 Å². The van der Waals surface area contributed by atoms with Gasteiger partial charge in [0.25, 0.3) is 0 Å². The van der Waals surface area contributed by atoms with Gasteiger partial charge in [-0.3, -0.25) is 0 Å². The number of anilines is 1. The highest BCUT2D eigenvalue weighted by atomic mass is 79.9. The van der Waals surface area contributed by atoms with Crippen molar-refractivity contribution in [2.75, 3.05) is 32.5 Å². The average Bonchev–Trinajstić information content (AvgIpc) is 2.33. The second-order valence-electron chi connectivity index (χ2n) is 3.90. The Kier molecular flexibility index (Phi) is 5.84. The quantitative estimate of drug-likeness (QED) is 0.638. The summed E-state index contributed by atoms with van der Waals surface area (Å²) in [6.45, 7) is 3.16. The Hall–Kier alpha value is -1.37. The third-order valence-corrected chi connectivity index (χ3v) is 2.58. The van der Waals surface area contributed by atoms with Gasteiger partial charge in [-0.05, 0) is 15.9 Å². The number of aromatic nitrogens is 2. The number of amides is 2. The average molecular weight is 316 g/mol. The monoisotopic (exact) mass is 315 g/mol. The van der Waals surface area contributed by atoms with Crippen molar-refractivity contribution in [2.24, 2.45) is 0 Å². The van der Waals surface area contributed by atoms with Crippen LogP contribution in [-0.2, 0) is 6.42 Å². The van der Waals surface area contributed by atoms with Crippen LogP contribution >= 0.6 is 15.9 Å². The van der Waals surface area contributed by atoms with Crippen molar-refractivity contribution >= 4 is 27.8 Å². The van der Waals surface area contributed by atoms with Gasteiger partial charge in [0.05, 0.1) is 0 Å². The number of hydrogen-bond donors (Lipinski definition) is 2. The second-order valence-corrected chi connectivity index (χ2v) is 4.71. The number of carbonyl (C=O) groups is 1. The van der Waals surface area contributed by atoms with Gasteiger partial charge in [-0.15, -0.1) is 0 Å². The van der Waals surface area contributed by atoms with Crippen LogP contribution in [-0.4, -0.2) is 48.1 Å². The highest BCUT2D eigenvalue weighted by molar-refractivity contribution is 9.10. The van der Waals surface area contributed by atoms with Gasteiger partial charge in [0.1, 0.15) is 16.2 Å². The molecular formula is C11H18BrN5O. The fourth-order valence-corrected chi connectivity index (χ4v) is 1.65. The molecule has 1 aromatic rings. The van der Waals surface area contributed by atoms with Crippen molar-refractivity contribution in [3.05, 3.63) is 16.5 Å². The number of rotatable bonds is 5. The molecule has 0 atom stereocenters. The molecule has 6 nitrogen and oxygen atoms in total. The molecule has 0 bridgehead atoms. The van der Waals surface area contributed by atoms with Crippen LogP contribution in [0.1, 0.15) is 12.7 Å². The molecule has 0 unspecified atom stereocenters. The lowest BCUT2D eigenvalue weighted by molar-refractivity contribution is 0.218. The number of hydrogen-bond acceptors (Lipinski definition) is 4. The third kappa shape index (κ3) is 4.87. The highest BCUT2D eigenvalue weighted by Crippen LogP contribution is 2.12. The topological polar surface area (TPSA) is 70.2 Å². The largest absolute Gasteiger partial charge is 0.368 e. The zero-order chi connectivity index (χ0) is 13.5. The Morgan fingerprint density at radius 1 is 1.39 bits per heavy atom. The molecule has 0 radical (unpaired) electrons. The lowest BCUT2D eigenvalue weighted by atomic mass is 10.4. The van der Waals surface area contributed by atoms with Crippen LogP contribution in [0.5, 0.6) is 0 Å². The minimum Gasteiger partial charge on any atom is -0.368 e. The van der Waals surface area contributed by atoms with Crippen LogP contribution in [0.4, 0.5) is 10.6 Å². The maximum Gasteiger partial charge on any atom is 0.316 e. The molecule has 0 aliphatic rings. The van der Waals surface area contributed by atoms with Crippen LogP contribution in [0, 0.1) is 0 Å². The van der Waals surface area contributed by atoms with E-state index in [0.29, 0.717) is 13.1 Å². The summed E-state index contributed by atoms with van der Waals surface area (Å²) in [5.41, 5.74) is 0. The number of aryl methyl sites for hydroxylation is 1. The van der Waals surface area contributed by atoms with Crippen LogP contribution in [0.15, 0.2) is 10.7 Å². The van der Waals surface area contributed by atoms with E-state index in [9.17, 15) is 4.79 Å². The number of urea groups is 1. The molecule has 0 saturated heterocycles. The lowest BCUT2D eigenvalue weighted by Crippen LogP contribution is -2.37. The summed E-state index contributed by atoms with van der Waals surface area (Å²) in [4.78, 5) is 21.3. The molecule has 2 N–H and O–H groups in total. The lowest BCUT2D eigenvalue weighted by Gasteiger charge is -2.12. The van der Waals surface area contributed by atoms with E-state index in [0.717, 1.165) is 22.7 Å². The Morgan fingerprint density at radius 2 is 2.11 bits per heavy atom. The van der Waals surface area contributed by atoms with Gasteiger partial charge in [-0.25, -0.2) is 14.8 Å². The molecule has 0 aliphatic heterocycles. The van der Waals surface area contributed by atoms with Crippen molar-refractivity contribution in [2.45, 2.75) is 13.3 Å². The van der Waals surface area contributed by atoms with Crippen LogP contribution < -0.4 is 10.6 Å². The normalized spacial score (nSPS) is 10.0. The first-order chi connectivity index (χ1) is 8.52. The predicted octanol–water partition coefficient (Wildman–Crippen LogP) is 1.48. The van der Waals surface area contributed by atoms with E-state index < -0.39 is 0 Å².